The van der Waals surface area contributed by atoms with Crippen LogP contribution in [0.3, 0.4) is 0 Å². The number of nitrogens with one attached hydrogen (secondary N) is 1. The zero-order valence-electron chi connectivity index (χ0n) is 16.3. The number of carbonyl (C=O) groups excluding carboxylic acids is 1. The number of halogens is 5. The SMILES string of the molecule is O=C(Cn1c(=O)n(-c2cc(F)cc(F)c2)c(=O)c2sccc21)Nc1ccc(C(F)(F)F)cc1. The molecule has 0 aliphatic carbocycles. The van der Waals surface area contributed by atoms with Gasteiger partial charge in [0.15, 0.2) is 0 Å². The van der Waals surface area contributed by atoms with Crippen molar-refractivity contribution in [3.63, 3.8) is 0 Å². The maximum Gasteiger partial charge on any atom is 0.416 e. The molecule has 0 aliphatic heterocycles. The third-order valence-electron chi connectivity index (χ3n) is 4.66. The monoisotopic (exact) mass is 481 g/mol. The average Bonchev–Trinajstić information content (AvgIpc) is 3.20. The van der Waals surface area contributed by atoms with Crippen molar-refractivity contribution in [3.8, 4) is 5.69 Å². The maximum atomic E-state index is 13.7. The van der Waals surface area contributed by atoms with Crippen LogP contribution in [-0.2, 0) is 17.5 Å². The van der Waals surface area contributed by atoms with E-state index in [1.165, 1.54) is 11.4 Å². The molecule has 0 fully saturated rings. The van der Waals surface area contributed by atoms with Gasteiger partial charge < -0.3 is 5.32 Å². The summed E-state index contributed by atoms with van der Waals surface area (Å²) < 4.78 is 67.0. The number of amides is 1. The molecule has 2 aromatic heterocycles. The molecule has 0 saturated carbocycles. The molecule has 0 saturated heterocycles. The summed E-state index contributed by atoms with van der Waals surface area (Å²) in [6, 6.07) is 7.31. The summed E-state index contributed by atoms with van der Waals surface area (Å²) in [7, 11) is 0. The highest BCUT2D eigenvalue weighted by molar-refractivity contribution is 7.17. The minimum atomic E-state index is -4.54. The van der Waals surface area contributed by atoms with Crippen molar-refractivity contribution in [2.45, 2.75) is 12.7 Å². The van der Waals surface area contributed by atoms with Crippen molar-refractivity contribution in [1.82, 2.24) is 9.13 Å². The molecule has 1 amide bonds. The quantitative estimate of drug-likeness (QED) is 0.445. The minimum absolute atomic E-state index is 0.0585. The van der Waals surface area contributed by atoms with E-state index in [1.54, 1.807) is 0 Å². The summed E-state index contributed by atoms with van der Waals surface area (Å²) in [5.74, 6) is -2.77. The first-order valence-electron chi connectivity index (χ1n) is 9.21. The zero-order valence-corrected chi connectivity index (χ0v) is 17.1. The molecule has 0 atom stereocenters. The van der Waals surface area contributed by atoms with E-state index >= 15 is 0 Å². The number of nitrogens with zero attached hydrogens (tertiary/aromatic N) is 2. The highest BCUT2D eigenvalue weighted by atomic mass is 32.1. The van der Waals surface area contributed by atoms with E-state index in [0.717, 1.165) is 52.3 Å². The van der Waals surface area contributed by atoms with Gasteiger partial charge in [-0.05, 0) is 47.8 Å². The zero-order chi connectivity index (χ0) is 23.9. The van der Waals surface area contributed by atoms with Crippen molar-refractivity contribution >= 4 is 33.1 Å². The Hall–Kier alpha value is -3.80. The van der Waals surface area contributed by atoms with E-state index in [-0.39, 0.29) is 21.6 Å². The molecule has 4 rings (SSSR count). The molecular formula is C21H12F5N3O3S. The smallest absolute Gasteiger partial charge is 0.325 e. The van der Waals surface area contributed by atoms with Crippen molar-refractivity contribution in [2.24, 2.45) is 0 Å². The summed E-state index contributed by atoms with van der Waals surface area (Å²) in [6.45, 7) is -0.606. The van der Waals surface area contributed by atoms with Crippen LogP contribution in [0.4, 0.5) is 27.6 Å². The number of hydrogen-bond acceptors (Lipinski definition) is 4. The Bertz CT molecular complexity index is 1470. The molecule has 0 unspecified atom stereocenters. The van der Waals surface area contributed by atoms with Gasteiger partial charge in [0, 0.05) is 11.8 Å². The van der Waals surface area contributed by atoms with Crippen molar-refractivity contribution in [1.29, 1.82) is 0 Å². The van der Waals surface area contributed by atoms with Gasteiger partial charge in [-0.25, -0.2) is 18.1 Å². The lowest BCUT2D eigenvalue weighted by molar-refractivity contribution is -0.137. The maximum absolute atomic E-state index is 13.7. The lowest BCUT2D eigenvalue weighted by atomic mass is 10.2. The molecule has 12 heteroatoms. The van der Waals surface area contributed by atoms with Crippen LogP contribution in [0.25, 0.3) is 15.9 Å². The third-order valence-corrected chi connectivity index (χ3v) is 5.55. The van der Waals surface area contributed by atoms with Crippen LogP contribution in [0.15, 0.2) is 63.5 Å². The van der Waals surface area contributed by atoms with E-state index in [4.69, 9.17) is 0 Å². The summed E-state index contributed by atoms with van der Waals surface area (Å²) >= 11 is 0.970. The Labute approximate surface area is 185 Å². The van der Waals surface area contributed by atoms with Gasteiger partial charge in [-0.3, -0.25) is 14.2 Å². The predicted molar refractivity (Wildman–Crippen MR) is 112 cm³/mol. The van der Waals surface area contributed by atoms with Gasteiger partial charge in [0.2, 0.25) is 5.91 Å². The highest BCUT2D eigenvalue weighted by Crippen LogP contribution is 2.29. The number of hydrogen-bond donors (Lipinski definition) is 1. The molecule has 2 aromatic carbocycles. The standard InChI is InChI=1S/C21H12F5N3O3S/c22-12-7-13(23)9-15(8-12)29-19(31)18-16(5-6-33-18)28(20(29)32)10-17(30)27-14-3-1-11(2-4-14)21(24,25)26/h1-9H,10H2,(H,27,30). The number of rotatable bonds is 4. The van der Waals surface area contributed by atoms with Crippen molar-refractivity contribution in [2.75, 3.05) is 5.32 Å². The molecule has 4 aromatic rings. The second-order valence-corrected chi connectivity index (χ2v) is 7.81. The number of carbonyl (C=O) groups is 1. The topological polar surface area (TPSA) is 73.1 Å². The van der Waals surface area contributed by atoms with Gasteiger partial charge >= 0.3 is 11.9 Å². The second kappa shape index (κ2) is 8.28. The first-order valence-corrected chi connectivity index (χ1v) is 10.1. The van der Waals surface area contributed by atoms with Gasteiger partial charge in [0.25, 0.3) is 5.56 Å². The van der Waals surface area contributed by atoms with Crippen LogP contribution in [0.1, 0.15) is 5.56 Å². The summed E-state index contributed by atoms with van der Waals surface area (Å²) in [5.41, 5.74) is -2.89. The summed E-state index contributed by atoms with van der Waals surface area (Å²) in [6.07, 6.45) is -4.54. The highest BCUT2D eigenvalue weighted by Gasteiger charge is 2.30. The first-order chi connectivity index (χ1) is 15.5. The molecule has 170 valence electrons. The normalized spacial score (nSPS) is 11.7. The van der Waals surface area contributed by atoms with E-state index in [0.29, 0.717) is 10.6 Å². The largest absolute Gasteiger partial charge is 0.416 e. The van der Waals surface area contributed by atoms with Crippen LogP contribution >= 0.6 is 11.3 Å². The number of anilines is 1. The second-order valence-electron chi connectivity index (χ2n) is 6.90. The van der Waals surface area contributed by atoms with E-state index in [2.05, 4.69) is 5.32 Å². The summed E-state index contributed by atoms with van der Waals surface area (Å²) in [4.78, 5) is 38.4. The lowest BCUT2D eigenvalue weighted by Gasteiger charge is -2.13. The fourth-order valence-electron chi connectivity index (χ4n) is 3.22. The Morgan fingerprint density at radius 2 is 1.61 bits per heavy atom. The van der Waals surface area contributed by atoms with E-state index in [1.807, 2.05) is 0 Å². The Kier molecular flexibility index (Phi) is 5.62. The molecule has 0 bridgehead atoms. The molecule has 2 heterocycles. The lowest BCUT2D eigenvalue weighted by Crippen LogP contribution is -2.40. The number of benzene rings is 2. The van der Waals surface area contributed by atoms with Crippen LogP contribution in [0.2, 0.25) is 0 Å². The Morgan fingerprint density at radius 1 is 0.970 bits per heavy atom. The molecular weight excluding hydrogens is 469 g/mol. The average molecular weight is 481 g/mol. The first kappa shape index (κ1) is 22.4. The molecule has 0 spiro atoms. The van der Waals surface area contributed by atoms with Gasteiger partial charge in [0.1, 0.15) is 22.9 Å². The third kappa shape index (κ3) is 4.42. The Balaban J connectivity index is 1.72. The summed E-state index contributed by atoms with van der Waals surface area (Å²) in [5, 5.41) is 3.88. The predicted octanol–water partition coefficient (Wildman–Crippen LogP) is 4.15. The van der Waals surface area contributed by atoms with E-state index in [9.17, 15) is 36.3 Å². The van der Waals surface area contributed by atoms with Crippen LogP contribution < -0.4 is 16.6 Å². The number of thiophene rings is 1. The van der Waals surface area contributed by atoms with E-state index < -0.39 is 47.1 Å². The fourth-order valence-corrected chi connectivity index (χ4v) is 4.05. The molecule has 0 aliphatic rings. The molecule has 6 nitrogen and oxygen atoms in total. The van der Waals surface area contributed by atoms with Crippen molar-refractivity contribution < 1.29 is 26.7 Å². The molecule has 33 heavy (non-hydrogen) atoms. The van der Waals surface area contributed by atoms with Gasteiger partial charge in [-0.15, -0.1) is 11.3 Å². The molecule has 0 radical (unpaired) electrons. The van der Waals surface area contributed by atoms with Gasteiger partial charge in [-0.2, -0.15) is 13.2 Å². The van der Waals surface area contributed by atoms with Crippen molar-refractivity contribution in [3.05, 3.63) is 91.9 Å². The van der Waals surface area contributed by atoms with Gasteiger partial charge in [0.05, 0.1) is 16.8 Å². The number of fused-ring (bicyclic) bond motifs is 1. The molecule has 1 N–H and O–H groups in total. The fraction of sp³-hybridized carbons (Fsp3) is 0.0952. The van der Waals surface area contributed by atoms with Crippen LogP contribution in [0, 0.1) is 11.6 Å². The van der Waals surface area contributed by atoms with Gasteiger partial charge in [-0.1, -0.05) is 0 Å². The Morgan fingerprint density at radius 3 is 2.21 bits per heavy atom. The number of aromatic nitrogens is 2. The van der Waals surface area contributed by atoms with Crippen LogP contribution in [-0.4, -0.2) is 15.0 Å². The minimum Gasteiger partial charge on any atom is -0.325 e. The van der Waals surface area contributed by atoms with Crippen LogP contribution in [0.5, 0.6) is 0 Å². The number of alkyl halides is 3.